The number of aromatic nitrogens is 2. The minimum Gasteiger partial charge on any atom is -0.421 e. The first-order valence-electron chi connectivity index (χ1n) is 8.77. The summed E-state index contributed by atoms with van der Waals surface area (Å²) >= 11 is 0. The Kier molecular flexibility index (Phi) is 5.65. The van der Waals surface area contributed by atoms with E-state index in [1.54, 1.807) is 0 Å². The van der Waals surface area contributed by atoms with Crippen LogP contribution in [0.15, 0.2) is 34.7 Å². The maximum atomic E-state index is 11.8. The van der Waals surface area contributed by atoms with Crippen LogP contribution in [0, 0.1) is 0 Å². The van der Waals surface area contributed by atoms with Gasteiger partial charge in [-0.1, -0.05) is 37.5 Å². The number of hydrogen-bond donors (Lipinski definition) is 3. The van der Waals surface area contributed by atoms with Crippen LogP contribution < -0.4 is 10.6 Å². The van der Waals surface area contributed by atoms with Gasteiger partial charge in [0.1, 0.15) is 0 Å². The Bertz CT molecular complexity index is 681. The molecule has 3 rings (SSSR count). The van der Waals surface area contributed by atoms with Gasteiger partial charge in [0.15, 0.2) is 0 Å². The number of urea groups is 1. The second kappa shape index (κ2) is 8.11. The molecule has 0 bridgehead atoms. The molecule has 134 valence electrons. The van der Waals surface area contributed by atoms with Gasteiger partial charge in [-0.2, -0.15) is 0 Å². The third-order valence-corrected chi connectivity index (χ3v) is 4.47. The number of amides is 2. The number of carbonyl (C=O) groups is 1. The fraction of sp³-hybridized carbons (Fsp3) is 0.500. The third kappa shape index (κ3) is 5.03. The Hall–Kier alpha value is -2.41. The molecule has 0 unspecified atom stereocenters. The van der Waals surface area contributed by atoms with Gasteiger partial charge in [-0.3, -0.25) is 0 Å². The first-order valence-corrected chi connectivity index (χ1v) is 8.77. The Morgan fingerprint density at radius 3 is 2.64 bits per heavy atom. The largest absolute Gasteiger partial charge is 0.421 e. The van der Waals surface area contributed by atoms with Crippen LogP contribution in [0.3, 0.4) is 0 Å². The highest BCUT2D eigenvalue weighted by Gasteiger charge is 2.29. The van der Waals surface area contributed by atoms with Gasteiger partial charge in [-0.05, 0) is 25.0 Å². The number of rotatable bonds is 6. The van der Waals surface area contributed by atoms with Crippen molar-refractivity contribution in [2.75, 3.05) is 13.1 Å². The molecule has 0 radical (unpaired) electrons. The predicted molar refractivity (Wildman–Crippen MR) is 92.9 cm³/mol. The van der Waals surface area contributed by atoms with Gasteiger partial charge >= 0.3 is 6.03 Å². The summed E-state index contributed by atoms with van der Waals surface area (Å²) in [5.41, 5.74) is 0.111. The first kappa shape index (κ1) is 17.4. The summed E-state index contributed by atoms with van der Waals surface area (Å²) < 4.78 is 5.59. The highest BCUT2D eigenvalue weighted by Crippen LogP contribution is 2.27. The third-order valence-electron chi connectivity index (χ3n) is 4.47. The Balaban J connectivity index is 1.39. The average Bonchev–Trinajstić information content (AvgIpc) is 3.10. The highest BCUT2D eigenvalue weighted by molar-refractivity contribution is 5.73. The van der Waals surface area contributed by atoms with E-state index in [9.17, 15) is 9.90 Å². The zero-order valence-corrected chi connectivity index (χ0v) is 14.2. The molecule has 1 saturated carbocycles. The molecule has 3 N–H and O–H groups in total. The van der Waals surface area contributed by atoms with Crippen molar-refractivity contribution in [2.24, 2.45) is 0 Å². The molecule has 1 heterocycles. The fourth-order valence-electron chi connectivity index (χ4n) is 3.03. The second-order valence-corrected chi connectivity index (χ2v) is 6.51. The molecule has 1 aliphatic rings. The van der Waals surface area contributed by atoms with E-state index in [1.807, 2.05) is 30.3 Å². The van der Waals surface area contributed by atoms with Gasteiger partial charge in [-0.15, -0.1) is 10.2 Å². The summed E-state index contributed by atoms with van der Waals surface area (Å²) in [6, 6.07) is 9.25. The van der Waals surface area contributed by atoms with E-state index < -0.39 is 5.60 Å². The van der Waals surface area contributed by atoms with Crippen molar-refractivity contribution in [3.8, 4) is 11.5 Å². The molecule has 1 fully saturated rings. The molecule has 2 amide bonds. The lowest BCUT2D eigenvalue weighted by molar-refractivity contribution is 0.00720. The lowest BCUT2D eigenvalue weighted by atomic mass is 9.85. The van der Waals surface area contributed by atoms with Gasteiger partial charge in [0.2, 0.25) is 11.8 Å². The zero-order chi connectivity index (χ0) is 17.5. The fourth-order valence-corrected chi connectivity index (χ4v) is 3.03. The van der Waals surface area contributed by atoms with Crippen LogP contribution in [-0.2, 0) is 6.42 Å². The molecule has 0 aliphatic heterocycles. The molecule has 0 saturated heterocycles. The van der Waals surface area contributed by atoms with E-state index in [-0.39, 0.29) is 12.6 Å². The molecule has 1 aliphatic carbocycles. The SMILES string of the molecule is O=C(NCCc1nnc(-c2ccccc2)o1)NCC1(O)CCCCC1. The topological polar surface area (TPSA) is 100 Å². The van der Waals surface area contributed by atoms with Gasteiger partial charge in [0, 0.05) is 25.1 Å². The van der Waals surface area contributed by atoms with Crippen molar-refractivity contribution in [3.05, 3.63) is 36.2 Å². The van der Waals surface area contributed by atoms with Crippen LogP contribution in [0.25, 0.3) is 11.5 Å². The summed E-state index contributed by atoms with van der Waals surface area (Å²) in [5.74, 6) is 0.949. The molecule has 1 aromatic carbocycles. The lowest BCUT2D eigenvalue weighted by Gasteiger charge is -2.32. The number of aliphatic hydroxyl groups is 1. The van der Waals surface area contributed by atoms with Crippen LogP contribution in [0.1, 0.15) is 38.0 Å². The Morgan fingerprint density at radius 2 is 1.88 bits per heavy atom. The minimum atomic E-state index is -0.757. The van der Waals surface area contributed by atoms with Crippen LogP contribution in [0.5, 0.6) is 0 Å². The Morgan fingerprint density at radius 1 is 1.12 bits per heavy atom. The van der Waals surface area contributed by atoms with E-state index in [0.717, 1.165) is 37.7 Å². The van der Waals surface area contributed by atoms with Crippen LogP contribution >= 0.6 is 0 Å². The first-order chi connectivity index (χ1) is 12.1. The van der Waals surface area contributed by atoms with Crippen molar-refractivity contribution < 1.29 is 14.3 Å². The highest BCUT2D eigenvalue weighted by atomic mass is 16.4. The molecular weight excluding hydrogens is 320 g/mol. The minimum absolute atomic E-state index is 0.289. The van der Waals surface area contributed by atoms with Crippen molar-refractivity contribution in [1.82, 2.24) is 20.8 Å². The van der Waals surface area contributed by atoms with E-state index in [1.165, 1.54) is 0 Å². The quantitative estimate of drug-likeness (QED) is 0.746. The normalized spacial score (nSPS) is 16.4. The summed E-state index contributed by atoms with van der Waals surface area (Å²) in [6.45, 7) is 0.679. The second-order valence-electron chi connectivity index (χ2n) is 6.51. The van der Waals surface area contributed by atoms with E-state index in [0.29, 0.717) is 24.7 Å². The van der Waals surface area contributed by atoms with Crippen molar-refractivity contribution in [2.45, 2.75) is 44.1 Å². The zero-order valence-electron chi connectivity index (χ0n) is 14.2. The summed E-state index contributed by atoms with van der Waals surface area (Å²) in [5, 5.41) is 23.9. The number of hydrogen-bond acceptors (Lipinski definition) is 5. The summed E-state index contributed by atoms with van der Waals surface area (Å²) in [6.07, 6.45) is 5.14. The average molecular weight is 344 g/mol. The number of nitrogens with one attached hydrogen (secondary N) is 2. The smallest absolute Gasteiger partial charge is 0.314 e. The molecule has 1 aromatic heterocycles. The molecule has 2 aromatic rings. The van der Waals surface area contributed by atoms with Crippen molar-refractivity contribution in [1.29, 1.82) is 0 Å². The van der Waals surface area contributed by atoms with Crippen LogP contribution in [0.4, 0.5) is 4.79 Å². The molecule has 0 atom stereocenters. The van der Waals surface area contributed by atoms with E-state index in [2.05, 4.69) is 20.8 Å². The maximum absolute atomic E-state index is 11.8. The van der Waals surface area contributed by atoms with E-state index >= 15 is 0 Å². The number of benzene rings is 1. The lowest BCUT2D eigenvalue weighted by Crippen LogP contribution is -2.47. The molecule has 0 spiro atoms. The Labute approximate surface area is 146 Å². The van der Waals surface area contributed by atoms with Gasteiger partial charge < -0.3 is 20.2 Å². The number of carbonyl (C=O) groups excluding carboxylic acids is 1. The molecule has 7 nitrogen and oxygen atoms in total. The maximum Gasteiger partial charge on any atom is 0.314 e. The number of nitrogens with zero attached hydrogens (tertiary/aromatic N) is 2. The van der Waals surface area contributed by atoms with Crippen molar-refractivity contribution in [3.63, 3.8) is 0 Å². The van der Waals surface area contributed by atoms with E-state index in [4.69, 9.17) is 4.42 Å². The molecule has 7 heteroatoms. The molecule has 25 heavy (non-hydrogen) atoms. The standard InChI is InChI=1S/C18H24N4O3/c23-17(20-13-18(24)10-5-2-6-11-18)19-12-9-15-21-22-16(25-15)14-7-3-1-4-8-14/h1,3-4,7-8,24H,2,5-6,9-13H2,(H2,19,20,23). The van der Waals surface area contributed by atoms with Gasteiger partial charge in [-0.25, -0.2) is 4.79 Å². The molecular formula is C18H24N4O3. The predicted octanol–water partition coefficient (Wildman–Crippen LogP) is 2.27. The van der Waals surface area contributed by atoms with Crippen LogP contribution in [0.2, 0.25) is 0 Å². The summed E-state index contributed by atoms with van der Waals surface area (Å²) in [7, 11) is 0. The summed E-state index contributed by atoms with van der Waals surface area (Å²) in [4.78, 5) is 11.8. The van der Waals surface area contributed by atoms with Gasteiger partial charge in [0.25, 0.3) is 0 Å². The van der Waals surface area contributed by atoms with Crippen molar-refractivity contribution >= 4 is 6.03 Å². The van der Waals surface area contributed by atoms with Crippen LogP contribution in [-0.4, -0.2) is 40.0 Å². The monoisotopic (exact) mass is 344 g/mol. The van der Waals surface area contributed by atoms with Gasteiger partial charge in [0.05, 0.1) is 5.60 Å².